The number of aromatic nitrogens is 1. The molecule has 0 radical (unpaired) electrons. The lowest BCUT2D eigenvalue weighted by Crippen LogP contribution is -2.44. The van der Waals surface area contributed by atoms with Crippen LogP contribution in [-0.2, 0) is 11.2 Å². The van der Waals surface area contributed by atoms with Crippen LogP contribution < -0.4 is 5.56 Å². The van der Waals surface area contributed by atoms with E-state index in [9.17, 15) is 9.59 Å². The van der Waals surface area contributed by atoms with E-state index >= 15 is 0 Å². The fourth-order valence-electron chi connectivity index (χ4n) is 2.84. The zero-order chi connectivity index (χ0) is 16.1. The van der Waals surface area contributed by atoms with Gasteiger partial charge in [-0.05, 0) is 36.8 Å². The number of H-pyrrole nitrogens is 1. The Morgan fingerprint density at radius 2 is 2.13 bits per heavy atom. The van der Waals surface area contributed by atoms with Gasteiger partial charge in [0.1, 0.15) is 0 Å². The molecule has 5 nitrogen and oxygen atoms in total. The number of nitrogens with zero attached hydrogens (tertiary/aromatic N) is 1. The highest BCUT2D eigenvalue weighted by Gasteiger charge is 2.26. The second-order valence-corrected chi connectivity index (χ2v) is 6.65. The van der Waals surface area contributed by atoms with E-state index in [-0.39, 0.29) is 17.5 Å². The van der Waals surface area contributed by atoms with Crippen LogP contribution in [0.2, 0.25) is 0 Å². The number of nitrogens with one attached hydrogen (secondary N) is 1. The highest BCUT2D eigenvalue weighted by molar-refractivity contribution is 7.09. The molecule has 0 spiro atoms. The summed E-state index contributed by atoms with van der Waals surface area (Å²) in [5.74, 6) is -0.0234. The van der Waals surface area contributed by atoms with E-state index < -0.39 is 0 Å². The second-order valence-electron chi connectivity index (χ2n) is 5.61. The van der Waals surface area contributed by atoms with Crippen LogP contribution in [0.3, 0.4) is 0 Å². The largest absolute Gasteiger partial charge is 0.381 e. The fraction of sp³-hybridized carbons (Fsp3) is 0.412. The van der Waals surface area contributed by atoms with Gasteiger partial charge in [0.05, 0.1) is 5.56 Å². The molecule has 0 aromatic carbocycles. The molecule has 122 valence electrons. The molecule has 0 saturated carbocycles. The Labute approximate surface area is 138 Å². The molecule has 2 aromatic heterocycles. The van der Waals surface area contributed by atoms with E-state index in [1.54, 1.807) is 17.4 Å². The molecule has 0 bridgehead atoms. The number of hydrogen-bond acceptors (Lipinski definition) is 4. The minimum absolute atomic E-state index is 0.0234. The number of carbonyl (C=O) groups excluding carboxylic acids is 1. The van der Waals surface area contributed by atoms with Gasteiger partial charge in [0, 0.05) is 42.9 Å². The Morgan fingerprint density at radius 3 is 2.78 bits per heavy atom. The summed E-state index contributed by atoms with van der Waals surface area (Å²) in [6.07, 6.45) is 4.07. The number of aromatic amines is 1. The van der Waals surface area contributed by atoms with Crippen molar-refractivity contribution in [3.63, 3.8) is 0 Å². The Kier molecular flexibility index (Phi) is 5.25. The van der Waals surface area contributed by atoms with Crippen LogP contribution in [0.5, 0.6) is 0 Å². The van der Waals surface area contributed by atoms with E-state index in [2.05, 4.69) is 16.4 Å². The molecule has 0 unspecified atom stereocenters. The Balaban J connectivity index is 1.76. The van der Waals surface area contributed by atoms with Crippen LogP contribution in [0.25, 0.3) is 0 Å². The molecule has 1 aliphatic heterocycles. The van der Waals surface area contributed by atoms with Gasteiger partial charge in [0.2, 0.25) is 5.56 Å². The summed E-state index contributed by atoms with van der Waals surface area (Å²) in [7, 11) is 0. The predicted molar refractivity (Wildman–Crippen MR) is 90.0 cm³/mol. The van der Waals surface area contributed by atoms with Crippen LogP contribution in [0.4, 0.5) is 0 Å². The SMILES string of the molecule is O=C(c1ccc(=O)[nH]c1)N(CCc1cccs1)C1CCOCC1. The van der Waals surface area contributed by atoms with E-state index in [4.69, 9.17) is 4.74 Å². The lowest BCUT2D eigenvalue weighted by atomic mass is 10.1. The number of hydrogen-bond donors (Lipinski definition) is 1. The maximum Gasteiger partial charge on any atom is 0.255 e. The first-order valence-corrected chi connectivity index (χ1v) is 8.72. The van der Waals surface area contributed by atoms with Crippen LogP contribution in [0.1, 0.15) is 28.1 Å². The van der Waals surface area contributed by atoms with Gasteiger partial charge < -0.3 is 14.6 Å². The van der Waals surface area contributed by atoms with E-state index in [1.165, 1.54) is 17.1 Å². The third-order valence-electron chi connectivity index (χ3n) is 4.10. The first-order valence-electron chi connectivity index (χ1n) is 7.84. The number of thiophene rings is 1. The molecule has 23 heavy (non-hydrogen) atoms. The summed E-state index contributed by atoms with van der Waals surface area (Å²) in [4.78, 5) is 29.9. The van der Waals surface area contributed by atoms with E-state index in [1.807, 2.05) is 11.0 Å². The third-order valence-corrected chi connectivity index (χ3v) is 5.04. The Hall–Kier alpha value is -1.92. The molecule has 0 aliphatic carbocycles. The predicted octanol–water partition coefficient (Wildman–Crippen LogP) is 2.30. The molecule has 3 rings (SSSR count). The average molecular weight is 332 g/mol. The molecule has 2 aromatic rings. The standard InChI is InChI=1S/C17H20N2O3S/c20-16-4-3-13(12-18-16)17(21)19(14-6-9-22-10-7-14)8-5-15-2-1-11-23-15/h1-4,11-12,14H,5-10H2,(H,18,20). The molecular weight excluding hydrogens is 312 g/mol. The number of rotatable bonds is 5. The van der Waals surface area contributed by atoms with Gasteiger partial charge in [-0.25, -0.2) is 0 Å². The van der Waals surface area contributed by atoms with Crippen LogP contribution in [-0.4, -0.2) is 41.6 Å². The monoisotopic (exact) mass is 332 g/mol. The zero-order valence-electron chi connectivity index (χ0n) is 12.9. The molecule has 1 N–H and O–H groups in total. The van der Waals surface area contributed by atoms with Crippen LogP contribution in [0, 0.1) is 0 Å². The molecule has 1 aliphatic rings. The van der Waals surface area contributed by atoms with Crippen molar-refractivity contribution < 1.29 is 9.53 Å². The molecule has 6 heteroatoms. The summed E-state index contributed by atoms with van der Waals surface area (Å²) in [6, 6.07) is 7.32. The number of carbonyl (C=O) groups is 1. The van der Waals surface area contributed by atoms with Gasteiger partial charge in [-0.2, -0.15) is 0 Å². The normalized spacial score (nSPS) is 15.5. The molecule has 1 amide bonds. The van der Waals surface area contributed by atoms with Crippen molar-refractivity contribution in [2.45, 2.75) is 25.3 Å². The minimum atomic E-state index is -0.197. The van der Waals surface area contributed by atoms with Crippen molar-refractivity contribution in [2.24, 2.45) is 0 Å². The fourth-order valence-corrected chi connectivity index (χ4v) is 3.54. The van der Waals surface area contributed by atoms with Gasteiger partial charge in [-0.15, -0.1) is 11.3 Å². The maximum absolute atomic E-state index is 12.9. The van der Waals surface area contributed by atoms with Crippen molar-refractivity contribution in [1.82, 2.24) is 9.88 Å². The Bertz CT molecular complexity index is 670. The van der Waals surface area contributed by atoms with Gasteiger partial charge in [-0.3, -0.25) is 9.59 Å². The first-order chi connectivity index (χ1) is 11.2. The highest BCUT2D eigenvalue weighted by Crippen LogP contribution is 2.19. The smallest absolute Gasteiger partial charge is 0.255 e. The van der Waals surface area contributed by atoms with E-state index in [0.717, 1.165) is 19.3 Å². The average Bonchev–Trinajstić information content (AvgIpc) is 3.10. The molecule has 1 saturated heterocycles. The van der Waals surface area contributed by atoms with Crippen molar-refractivity contribution in [3.05, 3.63) is 56.6 Å². The number of amides is 1. The van der Waals surface area contributed by atoms with Crippen molar-refractivity contribution in [2.75, 3.05) is 19.8 Å². The third kappa shape index (κ3) is 4.09. The first kappa shape index (κ1) is 16.0. The minimum Gasteiger partial charge on any atom is -0.381 e. The maximum atomic E-state index is 12.9. The summed E-state index contributed by atoms with van der Waals surface area (Å²) in [6.45, 7) is 2.07. The lowest BCUT2D eigenvalue weighted by Gasteiger charge is -2.34. The van der Waals surface area contributed by atoms with Crippen LogP contribution in [0.15, 0.2) is 40.6 Å². The van der Waals surface area contributed by atoms with Crippen LogP contribution >= 0.6 is 11.3 Å². The van der Waals surface area contributed by atoms with Crippen molar-refractivity contribution >= 4 is 17.2 Å². The summed E-state index contributed by atoms with van der Waals surface area (Å²) in [5.41, 5.74) is 0.333. The van der Waals surface area contributed by atoms with Gasteiger partial charge in [0.25, 0.3) is 5.91 Å². The summed E-state index contributed by atoms with van der Waals surface area (Å²) in [5, 5.41) is 2.05. The number of ether oxygens (including phenoxy) is 1. The zero-order valence-corrected chi connectivity index (χ0v) is 13.7. The summed E-state index contributed by atoms with van der Waals surface area (Å²) < 4.78 is 5.42. The van der Waals surface area contributed by atoms with Gasteiger partial charge >= 0.3 is 0 Å². The van der Waals surface area contributed by atoms with Gasteiger partial charge in [-0.1, -0.05) is 6.07 Å². The molecular formula is C17H20N2O3S. The topological polar surface area (TPSA) is 62.4 Å². The van der Waals surface area contributed by atoms with Crippen molar-refractivity contribution in [3.8, 4) is 0 Å². The molecule has 3 heterocycles. The quantitative estimate of drug-likeness (QED) is 0.914. The second kappa shape index (κ2) is 7.57. The summed E-state index contributed by atoms with van der Waals surface area (Å²) >= 11 is 1.71. The van der Waals surface area contributed by atoms with Gasteiger partial charge in [0.15, 0.2) is 0 Å². The van der Waals surface area contributed by atoms with E-state index in [0.29, 0.717) is 25.3 Å². The van der Waals surface area contributed by atoms with Crippen molar-refractivity contribution in [1.29, 1.82) is 0 Å². The Morgan fingerprint density at radius 1 is 1.30 bits per heavy atom. The number of pyridine rings is 1. The molecule has 0 atom stereocenters. The highest BCUT2D eigenvalue weighted by atomic mass is 32.1. The molecule has 1 fully saturated rings. The lowest BCUT2D eigenvalue weighted by molar-refractivity contribution is 0.0293.